The number of amides is 3. The fraction of sp³-hybridized carbons (Fsp3) is 0.625. The molecule has 1 heterocycles. The van der Waals surface area contributed by atoms with Gasteiger partial charge >= 0.3 is 0 Å². The second-order valence-corrected chi connectivity index (χ2v) is 9.12. The summed E-state index contributed by atoms with van der Waals surface area (Å²) in [5.74, 6) is -0.512. The molecule has 2 saturated carbocycles. The Bertz CT molecular complexity index is 797. The first kappa shape index (κ1) is 20.9. The molecule has 1 aliphatic heterocycles. The van der Waals surface area contributed by atoms with Crippen molar-refractivity contribution >= 4 is 23.4 Å². The molecule has 1 aromatic rings. The molecular formula is C24H33N3O3. The maximum Gasteiger partial charge on any atom is 0.259 e. The molecule has 3 amide bonds. The van der Waals surface area contributed by atoms with Crippen molar-refractivity contribution in [2.45, 2.75) is 76.3 Å². The number of para-hydroxylation sites is 1. The van der Waals surface area contributed by atoms with Gasteiger partial charge in [0, 0.05) is 19.6 Å². The molecule has 162 valence electrons. The molecule has 4 rings (SSSR count). The van der Waals surface area contributed by atoms with Crippen molar-refractivity contribution in [3.05, 3.63) is 29.8 Å². The van der Waals surface area contributed by atoms with Crippen molar-refractivity contribution in [3.8, 4) is 0 Å². The van der Waals surface area contributed by atoms with Crippen molar-refractivity contribution < 1.29 is 14.4 Å². The third kappa shape index (κ3) is 4.23. The van der Waals surface area contributed by atoms with Crippen LogP contribution >= 0.6 is 0 Å². The van der Waals surface area contributed by atoms with E-state index < -0.39 is 6.04 Å². The molecule has 0 bridgehead atoms. The third-order valence-electron chi connectivity index (χ3n) is 7.01. The van der Waals surface area contributed by atoms with Gasteiger partial charge in [-0.25, -0.2) is 0 Å². The summed E-state index contributed by atoms with van der Waals surface area (Å²) < 4.78 is 0. The van der Waals surface area contributed by atoms with Crippen LogP contribution in [0.4, 0.5) is 5.69 Å². The van der Waals surface area contributed by atoms with Crippen molar-refractivity contribution in [1.29, 1.82) is 0 Å². The molecule has 1 aromatic carbocycles. The van der Waals surface area contributed by atoms with Gasteiger partial charge in [-0.1, -0.05) is 50.7 Å². The minimum absolute atomic E-state index is 0.0987. The van der Waals surface area contributed by atoms with Crippen LogP contribution in [-0.2, 0) is 9.59 Å². The summed E-state index contributed by atoms with van der Waals surface area (Å²) in [5.41, 5.74) is 1.08. The molecule has 0 spiro atoms. The fourth-order valence-electron chi connectivity index (χ4n) is 5.27. The second kappa shape index (κ2) is 9.19. The molecular weight excluding hydrogens is 378 g/mol. The normalized spacial score (nSPS) is 23.8. The van der Waals surface area contributed by atoms with E-state index in [-0.39, 0.29) is 23.8 Å². The Balaban J connectivity index is 1.65. The van der Waals surface area contributed by atoms with Gasteiger partial charge in [0.2, 0.25) is 0 Å². The number of nitrogens with zero attached hydrogens (tertiary/aromatic N) is 2. The fourth-order valence-corrected chi connectivity index (χ4v) is 5.27. The number of carbonyl (C=O) groups is 3. The van der Waals surface area contributed by atoms with Gasteiger partial charge in [-0.3, -0.25) is 14.4 Å². The van der Waals surface area contributed by atoms with Gasteiger partial charge < -0.3 is 15.1 Å². The Hall–Kier alpha value is -2.37. The Morgan fingerprint density at radius 1 is 0.967 bits per heavy atom. The van der Waals surface area contributed by atoms with Gasteiger partial charge in [-0.05, 0) is 43.7 Å². The van der Waals surface area contributed by atoms with E-state index >= 15 is 0 Å². The van der Waals surface area contributed by atoms with E-state index in [0.717, 1.165) is 51.4 Å². The summed E-state index contributed by atoms with van der Waals surface area (Å²) in [6.45, 7) is 0.468. The lowest BCUT2D eigenvalue weighted by atomic mass is 9.88. The van der Waals surface area contributed by atoms with Gasteiger partial charge in [0.1, 0.15) is 0 Å². The van der Waals surface area contributed by atoms with Crippen LogP contribution in [0.15, 0.2) is 24.3 Å². The summed E-state index contributed by atoms with van der Waals surface area (Å²) in [4.78, 5) is 43.5. The Morgan fingerprint density at radius 3 is 2.30 bits per heavy atom. The predicted octanol–water partition coefficient (Wildman–Crippen LogP) is 3.50. The van der Waals surface area contributed by atoms with Gasteiger partial charge in [0.25, 0.3) is 17.7 Å². The molecule has 1 N–H and O–H groups in total. The number of fused-ring (bicyclic) bond motifs is 1. The van der Waals surface area contributed by atoms with Gasteiger partial charge in [-0.2, -0.15) is 0 Å². The highest BCUT2D eigenvalue weighted by Crippen LogP contribution is 2.31. The smallest absolute Gasteiger partial charge is 0.259 e. The second-order valence-electron chi connectivity index (χ2n) is 9.12. The summed E-state index contributed by atoms with van der Waals surface area (Å²) in [6.07, 6.45) is 10.9. The lowest BCUT2D eigenvalue weighted by Gasteiger charge is -2.34. The molecule has 1 unspecified atom stereocenters. The van der Waals surface area contributed by atoms with Crippen LogP contribution in [0.5, 0.6) is 0 Å². The highest BCUT2D eigenvalue weighted by Gasteiger charge is 2.43. The van der Waals surface area contributed by atoms with E-state index in [0.29, 0.717) is 23.7 Å². The lowest BCUT2D eigenvalue weighted by Crippen LogP contribution is -2.58. The molecule has 1 atom stereocenters. The number of hydrogen-bond acceptors (Lipinski definition) is 3. The minimum atomic E-state index is -1.10. The van der Waals surface area contributed by atoms with Crippen LogP contribution < -0.4 is 10.2 Å². The van der Waals surface area contributed by atoms with E-state index in [9.17, 15) is 14.4 Å². The van der Waals surface area contributed by atoms with Crippen LogP contribution in [0.1, 0.15) is 74.6 Å². The number of rotatable bonds is 4. The summed E-state index contributed by atoms with van der Waals surface area (Å²) in [6, 6.07) is 6.18. The van der Waals surface area contributed by atoms with Gasteiger partial charge in [0.15, 0.2) is 6.04 Å². The Labute approximate surface area is 179 Å². The average molecular weight is 412 g/mol. The van der Waals surface area contributed by atoms with E-state index in [1.807, 2.05) is 12.1 Å². The molecule has 2 fully saturated rings. The van der Waals surface area contributed by atoms with Crippen LogP contribution in [0.3, 0.4) is 0 Å². The van der Waals surface area contributed by atoms with Crippen LogP contribution in [-0.4, -0.2) is 48.3 Å². The zero-order chi connectivity index (χ0) is 21.1. The SMILES string of the molecule is CN1C(=O)C(C(=O)NC2CCCCC2)N(CC2CCCCC2)C(=O)c2ccccc21. The Morgan fingerprint density at radius 2 is 1.60 bits per heavy atom. The summed E-state index contributed by atoms with van der Waals surface area (Å²) in [7, 11) is 1.67. The molecule has 3 aliphatic rings. The van der Waals surface area contributed by atoms with Crippen molar-refractivity contribution in [2.75, 3.05) is 18.5 Å². The summed E-state index contributed by atoms with van der Waals surface area (Å²) >= 11 is 0. The molecule has 6 nitrogen and oxygen atoms in total. The van der Waals surface area contributed by atoms with Gasteiger partial charge in [-0.15, -0.1) is 0 Å². The molecule has 0 saturated heterocycles. The van der Waals surface area contributed by atoms with Crippen molar-refractivity contribution in [1.82, 2.24) is 10.2 Å². The number of hydrogen-bond donors (Lipinski definition) is 1. The van der Waals surface area contributed by atoms with Crippen molar-refractivity contribution in [3.63, 3.8) is 0 Å². The number of anilines is 1. The van der Waals surface area contributed by atoms with Crippen LogP contribution in [0.2, 0.25) is 0 Å². The minimum Gasteiger partial charge on any atom is -0.351 e. The average Bonchev–Trinajstić information content (AvgIpc) is 2.85. The number of nitrogens with one attached hydrogen (secondary N) is 1. The van der Waals surface area contributed by atoms with E-state index in [1.54, 1.807) is 24.1 Å². The number of carbonyl (C=O) groups excluding carboxylic acids is 3. The topological polar surface area (TPSA) is 69.7 Å². The van der Waals surface area contributed by atoms with Crippen LogP contribution in [0, 0.1) is 5.92 Å². The monoisotopic (exact) mass is 411 g/mol. The molecule has 30 heavy (non-hydrogen) atoms. The highest BCUT2D eigenvalue weighted by molar-refractivity contribution is 6.18. The maximum atomic E-state index is 13.6. The number of benzene rings is 1. The quantitative estimate of drug-likeness (QED) is 0.771. The Kier molecular flexibility index (Phi) is 6.40. The summed E-state index contributed by atoms with van der Waals surface area (Å²) in [5, 5.41) is 3.10. The van der Waals surface area contributed by atoms with Crippen molar-refractivity contribution in [2.24, 2.45) is 5.92 Å². The zero-order valence-electron chi connectivity index (χ0n) is 17.9. The molecule has 6 heteroatoms. The molecule has 0 radical (unpaired) electrons. The highest BCUT2D eigenvalue weighted by atomic mass is 16.2. The standard InChI is InChI=1S/C24H33N3O3/c1-26-20-15-9-8-14-19(20)23(29)27(16-17-10-4-2-5-11-17)21(24(26)30)22(28)25-18-12-6-3-7-13-18/h8-9,14-15,17-18,21H,2-7,10-13,16H2,1H3,(H,25,28). The van der Waals surface area contributed by atoms with E-state index in [2.05, 4.69) is 5.32 Å². The van der Waals surface area contributed by atoms with Gasteiger partial charge in [0.05, 0.1) is 11.3 Å². The largest absolute Gasteiger partial charge is 0.351 e. The van der Waals surface area contributed by atoms with E-state index in [1.165, 1.54) is 17.7 Å². The number of likely N-dealkylation sites (N-methyl/N-ethyl adjacent to an activating group) is 1. The first-order valence-electron chi connectivity index (χ1n) is 11.5. The first-order valence-corrected chi connectivity index (χ1v) is 11.5. The molecule has 0 aromatic heterocycles. The zero-order valence-corrected chi connectivity index (χ0v) is 17.9. The first-order chi connectivity index (χ1) is 14.6. The maximum absolute atomic E-state index is 13.6. The lowest BCUT2D eigenvalue weighted by molar-refractivity contribution is -0.135. The van der Waals surface area contributed by atoms with E-state index in [4.69, 9.17) is 0 Å². The molecule has 2 aliphatic carbocycles. The van der Waals surface area contributed by atoms with Crippen LogP contribution in [0.25, 0.3) is 0 Å². The predicted molar refractivity (Wildman–Crippen MR) is 116 cm³/mol. The third-order valence-corrected chi connectivity index (χ3v) is 7.01.